The van der Waals surface area contributed by atoms with Crippen LogP contribution in [0.1, 0.15) is 5.56 Å². The van der Waals surface area contributed by atoms with Gasteiger partial charge in [0.05, 0.1) is 0 Å². The van der Waals surface area contributed by atoms with Gasteiger partial charge in [0, 0.05) is 11.0 Å². The minimum Gasteiger partial charge on any atom is -0.326 e. The van der Waals surface area contributed by atoms with Crippen LogP contribution in [0.15, 0.2) is 53.0 Å². The van der Waals surface area contributed by atoms with E-state index in [-0.39, 0.29) is 0 Å². The van der Waals surface area contributed by atoms with E-state index in [0.717, 1.165) is 4.47 Å². The fourth-order valence-electron chi connectivity index (χ4n) is 1.64. The first kappa shape index (κ1) is 10.4. The van der Waals surface area contributed by atoms with Gasteiger partial charge >= 0.3 is 0 Å². The van der Waals surface area contributed by atoms with Gasteiger partial charge in [-0.15, -0.1) is 0 Å². The van der Waals surface area contributed by atoms with Gasteiger partial charge in [-0.25, -0.2) is 0 Å². The van der Waals surface area contributed by atoms with Crippen molar-refractivity contribution in [2.45, 2.75) is 6.54 Å². The number of nitrogens with two attached hydrogens (primary N) is 1. The van der Waals surface area contributed by atoms with Gasteiger partial charge in [0.25, 0.3) is 0 Å². The maximum atomic E-state index is 5.71. The average molecular weight is 262 g/mol. The van der Waals surface area contributed by atoms with Crippen LogP contribution in [0.25, 0.3) is 11.1 Å². The first-order chi connectivity index (χ1) is 7.31. The third-order valence-electron chi connectivity index (χ3n) is 2.37. The van der Waals surface area contributed by atoms with E-state index in [4.69, 9.17) is 5.73 Å². The molecule has 15 heavy (non-hydrogen) atoms. The van der Waals surface area contributed by atoms with Crippen LogP contribution in [-0.2, 0) is 6.54 Å². The molecule has 0 unspecified atom stereocenters. The number of hydrogen-bond donors (Lipinski definition) is 1. The number of hydrogen-bond acceptors (Lipinski definition) is 1. The highest BCUT2D eigenvalue weighted by molar-refractivity contribution is 9.10. The summed E-state index contributed by atoms with van der Waals surface area (Å²) >= 11 is 3.47. The Kier molecular flexibility index (Phi) is 3.19. The molecule has 1 nitrogen and oxygen atoms in total. The number of rotatable bonds is 2. The lowest BCUT2D eigenvalue weighted by atomic mass is 10.00. The molecular formula is C13H12BrN. The topological polar surface area (TPSA) is 26.0 Å². The summed E-state index contributed by atoms with van der Waals surface area (Å²) < 4.78 is 1.09. The zero-order valence-corrected chi connectivity index (χ0v) is 9.87. The van der Waals surface area contributed by atoms with Gasteiger partial charge in [-0.05, 0) is 28.8 Å². The molecule has 0 heterocycles. The molecule has 0 aliphatic rings. The zero-order valence-electron chi connectivity index (χ0n) is 8.28. The summed E-state index contributed by atoms with van der Waals surface area (Å²) in [6.45, 7) is 0.572. The van der Waals surface area contributed by atoms with Crippen molar-refractivity contribution in [3.05, 3.63) is 58.6 Å². The standard InChI is InChI=1S/C13H12BrN/c14-12-6-3-5-10(8-12)13-7-2-1-4-11(13)9-15/h1-8H,9,15H2. The molecule has 2 heteroatoms. The Hall–Kier alpha value is -1.12. The zero-order chi connectivity index (χ0) is 10.7. The van der Waals surface area contributed by atoms with Crippen LogP contribution in [0, 0.1) is 0 Å². The monoisotopic (exact) mass is 261 g/mol. The quantitative estimate of drug-likeness (QED) is 0.879. The predicted molar refractivity (Wildman–Crippen MR) is 67.5 cm³/mol. The van der Waals surface area contributed by atoms with Crippen molar-refractivity contribution in [1.82, 2.24) is 0 Å². The first-order valence-electron chi connectivity index (χ1n) is 4.85. The molecule has 0 amide bonds. The van der Waals surface area contributed by atoms with Gasteiger partial charge in [0.2, 0.25) is 0 Å². The number of halogens is 1. The minimum absolute atomic E-state index is 0.572. The van der Waals surface area contributed by atoms with Crippen LogP contribution in [-0.4, -0.2) is 0 Å². The minimum atomic E-state index is 0.572. The van der Waals surface area contributed by atoms with Gasteiger partial charge in [0.1, 0.15) is 0 Å². The molecule has 0 aromatic heterocycles. The van der Waals surface area contributed by atoms with E-state index in [1.165, 1.54) is 16.7 Å². The van der Waals surface area contributed by atoms with Crippen molar-refractivity contribution in [1.29, 1.82) is 0 Å². The van der Waals surface area contributed by atoms with E-state index >= 15 is 0 Å². The SMILES string of the molecule is NCc1ccccc1-c1cccc(Br)c1. The van der Waals surface area contributed by atoms with Crippen LogP contribution in [0.5, 0.6) is 0 Å². The second-order valence-corrected chi connectivity index (χ2v) is 4.29. The van der Waals surface area contributed by atoms with Gasteiger partial charge < -0.3 is 5.73 Å². The molecule has 0 fully saturated rings. The molecule has 0 bridgehead atoms. The molecule has 2 rings (SSSR count). The highest BCUT2D eigenvalue weighted by Crippen LogP contribution is 2.25. The van der Waals surface area contributed by atoms with Crippen molar-refractivity contribution in [2.75, 3.05) is 0 Å². The molecule has 0 radical (unpaired) electrons. The van der Waals surface area contributed by atoms with E-state index in [1.807, 2.05) is 24.3 Å². The lowest BCUT2D eigenvalue weighted by Crippen LogP contribution is -1.98. The van der Waals surface area contributed by atoms with Gasteiger partial charge in [0.15, 0.2) is 0 Å². The first-order valence-corrected chi connectivity index (χ1v) is 5.64. The molecule has 0 saturated carbocycles. The van der Waals surface area contributed by atoms with E-state index in [9.17, 15) is 0 Å². The lowest BCUT2D eigenvalue weighted by Gasteiger charge is -2.07. The predicted octanol–water partition coefficient (Wildman–Crippen LogP) is 3.57. The van der Waals surface area contributed by atoms with Crippen LogP contribution >= 0.6 is 15.9 Å². The summed E-state index contributed by atoms with van der Waals surface area (Å²) in [5.74, 6) is 0. The van der Waals surface area contributed by atoms with Crippen molar-refractivity contribution >= 4 is 15.9 Å². The molecule has 0 saturated heterocycles. The summed E-state index contributed by atoms with van der Waals surface area (Å²) in [5.41, 5.74) is 9.30. The molecular weight excluding hydrogens is 250 g/mol. The van der Waals surface area contributed by atoms with Gasteiger partial charge in [-0.3, -0.25) is 0 Å². The van der Waals surface area contributed by atoms with Gasteiger partial charge in [-0.2, -0.15) is 0 Å². The molecule has 0 aliphatic carbocycles. The number of benzene rings is 2. The Morgan fingerprint density at radius 1 is 1.00 bits per heavy atom. The molecule has 0 spiro atoms. The van der Waals surface area contributed by atoms with E-state index in [1.54, 1.807) is 0 Å². The lowest BCUT2D eigenvalue weighted by molar-refractivity contribution is 1.07. The molecule has 2 N–H and O–H groups in total. The van der Waals surface area contributed by atoms with Gasteiger partial charge in [-0.1, -0.05) is 52.3 Å². The third kappa shape index (κ3) is 2.28. The Morgan fingerprint density at radius 3 is 2.53 bits per heavy atom. The average Bonchev–Trinajstić information content (AvgIpc) is 2.29. The van der Waals surface area contributed by atoms with Crippen LogP contribution < -0.4 is 5.73 Å². The molecule has 76 valence electrons. The van der Waals surface area contributed by atoms with E-state index in [2.05, 4.69) is 40.2 Å². The van der Waals surface area contributed by atoms with Crippen molar-refractivity contribution in [3.63, 3.8) is 0 Å². The Morgan fingerprint density at radius 2 is 1.80 bits per heavy atom. The van der Waals surface area contributed by atoms with Crippen LogP contribution in [0.2, 0.25) is 0 Å². The molecule has 2 aromatic rings. The molecule has 0 aliphatic heterocycles. The molecule has 2 aromatic carbocycles. The second-order valence-electron chi connectivity index (χ2n) is 3.37. The van der Waals surface area contributed by atoms with Crippen LogP contribution in [0.3, 0.4) is 0 Å². The molecule has 0 atom stereocenters. The fourth-order valence-corrected chi connectivity index (χ4v) is 2.04. The van der Waals surface area contributed by atoms with Crippen molar-refractivity contribution in [3.8, 4) is 11.1 Å². The maximum absolute atomic E-state index is 5.71. The smallest absolute Gasteiger partial charge is 0.0184 e. The Balaban J connectivity index is 2.53. The summed E-state index contributed by atoms with van der Waals surface area (Å²) in [6, 6.07) is 16.5. The summed E-state index contributed by atoms with van der Waals surface area (Å²) in [7, 11) is 0. The fraction of sp³-hybridized carbons (Fsp3) is 0.0769. The van der Waals surface area contributed by atoms with Crippen LogP contribution in [0.4, 0.5) is 0 Å². The second kappa shape index (κ2) is 4.60. The largest absolute Gasteiger partial charge is 0.326 e. The Labute approximate surface area is 98.1 Å². The van der Waals surface area contributed by atoms with E-state index in [0.29, 0.717) is 6.54 Å². The summed E-state index contributed by atoms with van der Waals surface area (Å²) in [6.07, 6.45) is 0. The summed E-state index contributed by atoms with van der Waals surface area (Å²) in [4.78, 5) is 0. The summed E-state index contributed by atoms with van der Waals surface area (Å²) in [5, 5.41) is 0. The Bertz CT molecular complexity index is 466. The maximum Gasteiger partial charge on any atom is 0.0184 e. The normalized spacial score (nSPS) is 10.3. The third-order valence-corrected chi connectivity index (χ3v) is 2.87. The van der Waals surface area contributed by atoms with Crippen molar-refractivity contribution < 1.29 is 0 Å². The van der Waals surface area contributed by atoms with E-state index < -0.39 is 0 Å². The van der Waals surface area contributed by atoms with Crippen molar-refractivity contribution in [2.24, 2.45) is 5.73 Å². The highest BCUT2D eigenvalue weighted by Gasteiger charge is 2.02. The highest BCUT2D eigenvalue weighted by atomic mass is 79.9.